The average molecular weight is 233 g/mol. The molecular formula is C5H7N5O4S. The van der Waals surface area contributed by atoms with Crippen LogP contribution in [0.25, 0.3) is 0 Å². The number of hydrogen-bond donors (Lipinski definition) is 4. The van der Waals surface area contributed by atoms with E-state index in [0.717, 1.165) is 0 Å². The summed E-state index contributed by atoms with van der Waals surface area (Å²) in [6, 6.07) is 0. The average Bonchev–Trinajstić information content (AvgIpc) is 2.30. The maximum Gasteiger partial charge on any atom is 0.472 e. The van der Waals surface area contributed by atoms with Gasteiger partial charge in [0, 0.05) is 0 Å². The van der Waals surface area contributed by atoms with Gasteiger partial charge >= 0.3 is 10.4 Å². The first-order valence-electron chi connectivity index (χ1n) is 3.64. The molecule has 9 nitrogen and oxygen atoms in total. The molecule has 82 valence electrons. The molecule has 1 aromatic heterocycles. The van der Waals surface area contributed by atoms with Gasteiger partial charge in [-0.05, 0) is 0 Å². The van der Waals surface area contributed by atoms with Crippen molar-refractivity contribution in [2.45, 2.75) is 0 Å². The van der Waals surface area contributed by atoms with Gasteiger partial charge in [-0.3, -0.25) is 0 Å². The molecule has 0 spiro atoms. The molecule has 1 aliphatic heterocycles. The molecule has 0 aliphatic carbocycles. The molecule has 2 bridgehead atoms. The summed E-state index contributed by atoms with van der Waals surface area (Å²) in [5.41, 5.74) is 18.2. The monoisotopic (exact) mass is 233 g/mol. The van der Waals surface area contributed by atoms with Crippen molar-refractivity contribution in [2.75, 3.05) is 22.7 Å². The van der Waals surface area contributed by atoms with Crippen LogP contribution >= 0.6 is 0 Å². The molecule has 0 radical (unpaired) electrons. The summed E-state index contributed by atoms with van der Waals surface area (Å²) in [5.74, 6) is -0.445. The topological polar surface area (TPSA) is 156 Å². The Kier molecular flexibility index (Phi) is 1.78. The fraction of sp³-hybridized carbons (Fsp3) is 0. The number of nitrogens with two attached hydrogens (primary N) is 3. The van der Waals surface area contributed by atoms with Gasteiger partial charge in [0.05, 0.1) is 5.69 Å². The number of hydrogen-bond acceptors (Lipinski definition) is 9. The van der Waals surface area contributed by atoms with Gasteiger partial charge in [-0.1, -0.05) is 0 Å². The van der Waals surface area contributed by atoms with Crippen LogP contribution < -0.4 is 26.9 Å². The van der Waals surface area contributed by atoms with Gasteiger partial charge in [0.2, 0.25) is 0 Å². The highest BCUT2D eigenvalue weighted by Crippen LogP contribution is 2.37. The van der Waals surface area contributed by atoms with E-state index in [9.17, 15) is 8.42 Å². The van der Waals surface area contributed by atoms with E-state index in [-0.39, 0.29) is 28.8 Å². The molecule has 10 heteroatoms. The molecule has 7 N–H and O–H groups in total. The molecule has 2 heterocycles. The first-order valence-corrected chi connectivity index (χ1v) is 4.97. The van der Waals surface area contributed by atoms with Crippen molar-refractivity contribution < 1.29 is 16.9 Å². The number of pyridine rings is 1. The number of nitrogens with zero attached hydrogens (tertiary/aromatic N) is 1. The van der Waals surface area contributed by atoms with Gasteiger partial charge in [0.1, 0.15) is 11.4 Å². The zero-order chi connectivity index (χ0) is 11.2. The Hall–Kier alpha value is -1.94. The molecule has 0 saturated heterocycles. The third-order valence-corrected chi connectivity index (χ3v) is 2.35. The number of nitrogen functional groups attached to an aromatic ring is 3. The van der Waals surface area contributed by atoms with Gasteiger partial charge in [-0.2, -0.15) is 13.4 Å². The molecule has 0 atom stereocenters. The molecule has 0 fully saturated rings. The highest BCUT2D eigenvalue weighted by molar-refractivity contribution is 7.82. The third kappa shape index (κ3) is 1.45. The lowest BCUT2D eigenvalue weighted by Crippen LogP contribution is -2.14. The van der Waals surface area contributed by atoms with E-state index in [2.05, 4.69) is 13.5 Å². The van der Waals surface area contributed by atoms with E-state index in [0.29, 0.717) is 0 Å². The van der Waals surface area contributed by atoms with Crippen LogP contribution in [0.5, 0.6) is 5.88 Å². The second-order valence-electron chi connectivity index (χ2n) is 2.68. The Labute approximate surface area is 84.4 Å². The molecule has 15 heavy (non-hydrogen) atoms. The van der Waals surface area contributed by atoms with Gasteiger partial charge in [-0.15, -0.1) is 4.28 Å². The minimum atomic E-state index is -4.25. The van der Waals surface area contributed by atoms with E-state index in [4.69, 9.17) is 17.2 Å². The number of rotatable bonds is 0. The molecule has 2 rings (SSSR count). The van der Waals surface area contributed by atoms with E-state index in [1.807, 2.05) is 5.48 Å². The SMILES string of the molecule is Nc1c2nc(c(N)c1N)OS(=O)(=O)ON2. The van der Waals surface area contributed by atoms with E-state index in [1.54, 1.807) is 0 Å². The Morgan fingerprint density at radius 1 is 1.13 bits per heavy atom. The normalized spacial score (nSPS) is 17.3. The summed E-state index contributed by atoms with van der Waals surface area (Å²) < 4.78 is 30.6. The van der Waals surface area contributed by atoms with Gasteiger partial charge < -0.3 is 21.4 Å². The summed E-state index contributed by atoms with van der Waals surface area (Å²) in [6.07, 6.45) is 0. The fourth-order valence-corrected chi connectivity index (χ4v) is 1.49. The van der Waals surface area contributed by atoms with Crippen LogP contribution in [-0.4, -0.2) is 13.4 Å². The van der Waals surface area contributed by atoms with Gasteiger partial charge in [0.15, 0.2) is 5.82 Å². The standard InChI is InChI=1S/C5H7N5O4S/c6-1-2(7)4-9-5(3(1)8)13-15(11,12)14-10-4/h7-8H2,(H3,6,9,10). The molecular weight excluding hydrogens is 226 g/mol. The van der Waals surface area contributed by atoms with Crippen molar-refractivity contribution in [3.05, 3.63) is 0 Å². The Morgan fingerprint density at radius 2 is 1.80 bits per heavy atom. The maximum atomic E-state index is 11.0. The van der Waals surface area contributed by atoms with E-state index < -0.39 is 10.4 Å². The Balaban J connectivity index is 2.68. The molecule has 0 unspecified atom stereocenters. The second-order valence-corrected chi connectivity index (χ2v) is 3.83. The third-order valence-electron chi connectivity index (χ3n) is 1.70. The fourth-order valence-electron chi connectivity index (χ4n) is 0.955. The van der Waals surface area contributed by atoms with Crippen LogP contribution in [0, 0.1) is 0 Å². The Morgan fingerprint density at radius 3 is 2.47 bits per heavy atom. The lowest BCUT2D eigenvalue weighted by Gasteiger charge is -2.07. The zero-order valence-corrected chi connectivity index (χ0v) is 8.04. The molecule has 1 aliphatic rings. The van der Waals surface area contributed by atoms with Crippen molar-refractivity contribution in [2.24, 2.45) is 0 Å². The Bertz CT molecular complexity index is 527. The van der Waals surface area contributed by atoms with Crippen molar-refractivity contribution in [3.8, 4) is 5.88 Å². The summed E-state index contributed by atoms with van der Waals surface area (Å²) >= 11 is 0. The predicted molar refractivity (Wildman–Crippen MR) is 51.7 cm³/mol. The van der Waals surface area contributed by atoms with Crippen molar-refractivity contribution in [1.82, 2.24) is 4.98 Å². The lowest BCUT2D eigenvalue weighted by molar-refractivity contribution is 0.331. The van der Waals surface area contributed by atoms with Crippen LogP contribution in [0.4, 0.5) is 22.9 Å². The smallest absolute Gasteiger partial charge is 0.395 e. The number of fused-ring (bicyclic) bond motifs is 2. The van der Waals surface area contributed by atoms with Crippen molar-refractivity contribution in [1.29, 1.82) is 0 Å². The van der Waals surface area contributed by atoms with Gasteiger partial charge in [0.25, 0.3) is 5.88 Å². The zero-order valence-electron chi connectivity index (χ0n) is 7.22. The maximum absolute atomic E-state index is 11.0. The van der Waals surface area contributed by atoms with Gasteiger partial charge in [-0.25, -0.2) is 5.48 Å². The van der Waals surface area contributed by atoms with Crippen molar-refractivity contribution in [3.63, 3.8) is 0 Å². The number of nitrogens with one attached hydrogen (secondary N) is 1. The first-order chi connectivity index (χ1) is 6.91. The van der Waals surface area contributed by atoms with Crippen LogP contribution in [0.15, 0.2) is 0 Å². The minimum Gasteiger partial charge on any atom is -0.395 e. The van der Waals surface area contributed by atoms with Crippen LogP contribution in [-0.2, 0) is 14.7 Å². The summed E-state index contributed by atoms with van der Waals surface area (Å²) in [4.78, 5) is 3.66. The summed E-state index contributed by atoms with van der Waals surface area (Å²) in [7, 11) is -4.25. The summed E-state index contributed by atoms with van der Waals surface area (Å²) in [5, 5.41) is 0. The number of aromatic nitrogens is 1. The second kappa shape index (κ2) is 2.77. The van der Waals surface area contributed by atoms with Crippen LogP contribution in [0.1, 0.15) is 0 Å². The number of anilines is 4. The minimum absolute atomic E-state index is 0.0167. The molecule has 0 amide bonds. The lowest BCUT2D eigenvalue weighted by atomic mass is 10.3. The molecule has 0 aromatic carbocycles. The largest absolute Gasteiger partial charge is 0.472 e. The summed E-state index contributed by atoms with van der Waals surface area (Å²) in [6.45, 7) is 0. The highest BCUT2D eigenvalue weighted by Gasteiger charge is 2.26. The van der Waals surface area contributed by atoms with Crippen LogP contribution in [0.2, 0.25) is 0 Å². The van der Waals surface area contributed by atoms with E-state index >= 15 is 0 Å². The molecule has 0 saturated carbocycles. The quantitative estimate of drug-likeness (QED) is 0.432. The van der Waals surface area contributed by atoms with E-state index in [1.165, 1.54) is 0 Å². The van der Waals surface area contributed by atoms with Crippen molar-refractivity contribution >= 4 is 33.3 Å². The predicted octanol–water partition coefficient (Wildman–Crippen LogP) is -1.19. The molecule has 1 aromatic rings. The highest BCUT2D eigenvalue weighted by atomic mass is 32.3. The van der Waals surface area contributed by atoms with Crippen LogP contribution in [0.3, 0.4) is 0 Å². The first kappa shape index (κ1) is 9.61.